The maximum absolute atomic E-state index is 12.6. The highest BCUT2D eigenvalue weighted by Gasteiger charge is 2.18. The van der Waals surface area contributed by atoms with Crippen molar-refractivity contribution in [3.8, 4) is 0 Å². The van der Waals surface area contributed by atoms with Crippen molar-refractivity contribution in [2.75, 3.05) is 7.05 Å². The Morgan fingerprint density at radius 2 is 1.95 bits per heavy atom. The fraction of sp³-hybridized carbons (Fsp3) is 0.125. The molecule has 0 saturated carbocycles. The van der Waals surface area contributed by atoms with E-state index in [0.717, 1.165) is 10.9 Å². The molecule has 0 unspecified atom stereocenters. The van der Waals surface area contributed by atoms with Gasteiger partial charge >= 0.3 is 0 Å². The fourth-order valence-electron chi connectivity index (χ4n) is 2.33. The van der Waals surface area contributed by atoms with Crippen molar-refractivity contribution in [3.63, 3.8) is 0 Å². The number of hydrogen-bond acceptors (Lipinski definition) is 2. The first kappa shape index (κ1) is 14.9. The second kappa shape index (κ2) is 5.99. The largest absolute Gasteiger partial charge is 0.345 e. The van der Waals surface area contributed by atoms with E-state index in [9.17, 15) is 4.79 Å². The molecule has 0 spiro atoms. The molecule has 0 radical (unpaired) electrons. The number of aromatic amines is 1. The molecule has 2 aromatic heterocycles. The summed E-state index contributed by atoms with van der Waals surface area (Å²) in [4.78, 5) is 21.4. The molecule has 22 heavy (non-hydrogen) atoms. The third kappa shape index (κ3) is 2.67. The Kier molecular flexibility index (Phi) is 4.05. The van der Waals surface area contributed by atoms with Gasteiger partial charge in [-0.2, -0.15) is 0 Å². The number of aromatic nitrogens is 2. The van der Waals surface area contributed by atoms with Crippen molar-refractivity contribution in [1.82, 2.24) is 14.9 Å². The van der Waals surface area contributed by atoms with E-state index < -0.39 is 0 Å². The van der Waals surface area contributed by atoms with Gasteiger partial charge in [0.2, 0.25) is 0 Å². The molecule has 6 heteroatoms. The quantitative estimate of drug-likeness (QED) is 0.782. The Labute approximate surface area is 137 Å². The van der Waals surface area contributed by atoms with Crippen LogP contribution in [0.15, 0.2) is 42.7 Å². The fourth-order valence-corrected chi connectivity index (χ4v) is 2.85. The third-order valence-corrected chi connectivity index (χ3v) is 4.19. The number of hydrogen-bond donors (Lipinski definition) is 1. The van der Waals surface area contributed by atoms with Crippen LogP contribution in [-0.4, -0.2) is 27.8 Å². The van der Waals surface area contributed by atoms with Crippen molar-refractivity contribution in [3.05, 3.63) is 63.9 Å². The number of halogens is 2. The summed E-state index contributed by atoms with van der Waals surface area (Å²) >= 11 is 12.3. The zero-order chi connectivity index (χ0) is 15.7. The predicted molar refractivity (Wildman–Crippen MR) is 88.4 cm³/mol. The van der Waals surface area contributed by atoms with Gasteiger partial charge in [-0.05, 0) is 24.3 Å². The molecule has 1 amide bonds. The van der Waals surface area contributed by atoms with Crippen LogP contribution in [0.25, 0.3) is 11.0 Å². The summed E-state index contributed by atoms with van der Waals surface area (Å²) in [5.41, 5.74) is 2.00. The van der Waals surface area contributed by atoms with Crippen LogP contribution in [0.4, 0.5) is 0 Å². The van der Waals surface area contributed by atoms with Gasteiger partial charge < -0.3 is 9.88 Å². The number of nitrogens with one attached hydrogen (secondary N) is 1. The van der Waals surface area contributed by atoms with Crippen LogP contribution in [-0.2, 0) is 6.54 Å². The van der Waals surface area contributed by atoms with Crippen LogP contribution in [0.5, 0.6) is 0 Å². The average Bonchev–Trinajstić information content (AvgIpc) is 2.94. The topological polar surface area (TPSA) is 49.0 Å². The molecule has 3 aromatic rings. The van der Waals surface area contributed by atoms with Crippen molar-refractivity contribution >= 4 is 40.1 Å². The minimum atomic E-state index is -0.116. The van der Waals surface area contributed by atoms with E-state index in [-0.39, 0.29) is 5.91 Å². The summed E-state index contributed by atoms with van der Waals surface area (Å²) < 4.78 is 0. The van der Waals surface area contributed by atoms with Gasteiger partial charge in [0, 0.05) is 47.0 Å². The Hall–Kier alpha value is -2.04. The molecule has 3 rings (SSSR count). The molecule has 0 aliphatic rings. The Bertz CT molecular complexity index is 824. The number of H-pyrrole nitrogens is 1. The van der Waals surface area contributed by atoms with Gasteiger partial charge in [-0.25, -0.2) is 4.98 Å². The number of amides is 1. The number of nitrogens with zero attached hydrogens (tertiary/aromatic N) is 2. The van der Waals surface area contributed by atoms with Gasteiger partial charge in [-0.3, -0.25) is 4.79 Å². The monoisotopic (exact) mass is 333 g/mol. The second-order valence-corrected chi connectivity index (χ2v) is 5.78. The first-order chi connectivity index (χ1) is 10.6. The van der Waals surface area contributed by atoms with Crippen LogP contribution < -0.4 is 0 Å². The highest BCUT2D eigenvalue weighted by molar-refractivity contribution is 6.36. The first-order valence-electron chi connectivity index (χ1n) is 6.68. The van der Waals surface area contributed by atoms with Crippen LogP contribution >= 0.6 is 23.2 Å². The molecule has 4 nitrogen and oxygen atoms in total. The number of rotatable bonds is 3. The molecule has 2 heterocycles. The lowest BCUT2D eigenvalue weighted by atomic mass is 10.1. The summed E-state index contributed by atoms with van der Waals surface area (Å²) in [5, 5.41) is 1.89. The predicted octanol–water partition coefficient (Wildman–Crippen LogP) is 4.14. The molecule has 112 valence electrons. The zero-order valence-electron chi connectivity index (χ0n) is 11.8. The number of carbonyl (C=O) groups excluding carboxylic acids is 1. The van der Waals surface area contributed by atoms with E-state index in [1.165, 1.54) is 0 Å². The molecule has 0 saturated heterocycles. The maximum atomic E-state index is 12.6. The molecule has 0 aliphatic heterocycles. The van der Waals surface area contributed by atoms with Crippen LogP contribution in [0.1, 0.15) is 15.9 Å². The zero-order valence-corrected chi connectivity index (χ0v) is 13.3. The lowest BCUT2D eigenvalue weighted by Gasteiger charge is -2.18. The van der Waals surface area contributed by atoms with Crippen LogP contribution in [0.2, 0.25) is 10.0 Å². The number of carbonyl (C=O) groups is 1. The normalized spacial score (nSPS) is 10.9. The molecule has 0 bridgehead atoms. The number of fused-ring (bicyclic) bond motifs is 1. The highest BCUT2D eigenvalue weighted by Crippen LogP contribution is 2.26. The van der Waals surface area contributed by atoms with E-state index in [0.29, 0.717) is 27.8 Å². The van der Waals surface area contributed by atoms with Gasteiger partial charge in [-0.15, -0.1) is 0 Å². The van der Waals surface area contributed by atoms with Gasteiger partial charge in [0.25, 0.3) is 5.91 Å². The Morgan fingerprint density at radius 1 is 1.23 bits per heavy atom. The molecular weight excluding hydrogens is 321 g/mol. The molecule has 1 N–H and O–H groups in total. The summed E-state index contributed by atoms with van der Waals surface area (Å²) in [6.45, 7) is 0.338. The first-order valence-corrected chi connectivity index (χ1v) is 7.44. The number of pyridine rings is 1. The van der Waals surface area contributed by atoms with E-state index in [4.69, 9.17) is 23.2 Å². The third-order valence-electron chi connectivity index (χ3n) is 3.49. The van der Waals surface area contributed by atoms with E-state index in [1.54, 1.807) is 48.6 Å². The van der Waals surface area contributed by atoms with Gasteiger partial charge in [-0.1, -0.05) is 29.3 Å². The molecule has 1 aromatic carbocycles. The summed E-state index contributed by atoms with van der Waals surface area (Å²) in [6.07, 6.45) is 3.35. The van der Waals surface area contributed by atoms with Gasteiger partial charge in [0.05, 0.1) is 5.56 Å². The molecule has 0 aliphatic carbocycles. The summed E-state index contributed by atoms with van der Waals surface area (Å²) in [5.74, 6) is -0.116. The summed E-state index contributed by atoms with van der Waals surface area (Å²) in [7, 11) is 1.72. The Morgan fingerprint density at radius 3 is 2.68 bits per heavy atom. The SMILES string of the molecule is CN(Cc1c(Cl)cccc1Cl)C(=O)c1c[nH]c2ncccc12. The smallest absolute Gasteiger partial charge is 0.256 e. The number of benzene rings is 1. The van der Waals surface area contributed by atoms with E-state index in [2.05, 4.69) is 9.97 Å². The van der Waals surface area contributed by atoms with E-state index in [1.807, 2.05) is 6.07 Å². The van der Waals surface area contributed by atoms with Gasteiger partial charge in [0.15, 0.2) is 0 Å². The molecule has 0 atom stereocenters. The minimum Gasteiger partial charge on any atom is -0.345 e. The van der Waals surface area contributed by atoms with Crippen molar-refractivity contribution in [2.45, 2.75) is 6.54 Å². The van der Waals surface area contributed by atoms with E-state index >= 15 is 0 Å². The molecule has 0 fully saturated rings. The summed E-state index contributed by atoms with van der Waals surface area (Å²) in [6, 6.07) is 8.97. The van der Waals surface area contributed by atoms with Crippen LogP contribution in [0, 0.1) is 0 Å². The lowest BCUT2D eigenvalue weighted by molar-refractivity contribution is 0.0787. The van der Waals surface area contributed by atoms with Gasteiger partial charge in [0.1, 0.15) is 5.65 Å². The van der Waals surface area contributed by atoms with Crippen molar-refractivity contribution in [1.29, 1.82) is 0 Å². The van der Waals surface area contributed by atoms with Crippen molar-refractivity contribution in [2.24, 2.45) is 0 Å². The maximum Gasteiger partial charge on any atom is 0.256 e. The average molecular weight is 334 g/mol. The Balaban J connectivity index is 1.89. The van der Waals surface area contributed by atoms with Crippen LogP contribution in [0.3, 0.4) is 0 Å². The van der Waals surface area contributed by atoms with Crippen molar-refractivity contribution < 1.29 is 4.79 Å². The highest BCUT2D eigenvalue weighted by atomic mass is 35.5. The standard InChI is InChI=1S/C16H13Cl2N3O/c1-21(9-12-13(17)5-2-6-14(12)18)16(22)11-8-20-15-10(11)4-3-7-19-15/h2-8H,9H2,1H3,(H,19,20). The lowest BCUT2D eigenvalue weighted by Crippen LogP contribution is -2.26. The molecular formula is C16H13Cl2N3O. The second-order valence-electron chi connectivity index (χ2n) is 4.96. The minimum absolute atomic E-state index is 0.116.